The summed E-state index contributed by atoms with van der Waals surface area (Å²) in [6.07, 6.45) is 0.294. The van der Waals surface area contributed by atoms with Crippen LogP contribution in [0.4, 0.5) is 11.4 Å². The molecule has 108 valence electrons. The SMILES string of the molecule is CC(C)NC(=O)CCN1C(=O)CSc2ccc(N)cc21. The number of fused-ring (bicyclic) bond motifs is 1. The molecule has 1 aromatic carbocycles. The molecule has 0 aromatic heterocycles. The van der Waals surface area contributed by atoms with Gasteiger partial charge in [0.1, 0.15) is 0 Å². The Kier molecular flexibility index (Phi) is 4.54. The molecule has 3 N–H and O–H groups in total. The van der Waals surface area contributed by atoms with Gasteiger partial charge in [-0.05, 0) is 32.0 Å². The molecule has 1 aromatic rings. The highest BCUT2D eigenvalue weighted by Crippen LogP contribution is 2.36. The molecule has 6 heteroatoms. The van der Waals surface area contributed by atoms with Gasteiger partial charge in [-0.15, -0.1) is 11.8 Å². The quantitative estimate of drug-likeness (QED) is 0.827. The minimum Gasteiger partial charge on any atom is -0.399 e. The van der Waals surface area contributed by atoms with Gasteiger partial charge in [0.25, 0.3) is 0 Å². The number of amides is 2. The molecule has 0 spiro atoms. The first-order chi connectivity index (χ1) is 9.47. The van der Waals surface area contributed by atoms with Gasteiger partial charge in [-0.3, -0.25) is 9.59 Å². The van der Waals surface area contributed by atoms with E-state index in [1.165, 1.54) is 11.8 Å². The molecule has 2 rings (SSSR count). The minimum atomic E-state index is -0.0449. The third-order valence-electron chi connectivity index (χ3n) is 2.94. The molecule has 1 aliphatic rings. The average molecular weight is 293 g/mol. The molecule has 5 nitrogen and oxygen atoms in total. The van der Waals surface area contributed by atoms with E-state index in [-0.39, 0.29) is 17.9 Å². The van der Waals surface area contributed by atoms with E-state index in [1.807, 2.05) is 26.0 Å². The number of rotatable bonds is 4. The van der Waals surface area contributed by atoms with Gasteiger partial charge in [-0.2, -0.15) is 0 Å². The number of thioether (sulfide) groups is 1. The number of nitrogen functional groups attached to an aromatic ring is 1. The maximum Gasteiger partial charge on any atom is 0.237 e. The van der Waals surface area contributed by atoms with E-state index in [2.05, 4.69) is 5.32 Å². The lowest BCUT2D eigenvalue weighted by atomic mass is 10.2. The number of hydrogen-bond acceptors (Lipinski definition) is 4. The summed E-state index contributed by atoms with van der Waals surface area (Å²) < 4.78 is 0. The summed E-state index contributed by atoms with van der Waals surface area (Å²) in [5.74, 6) is 0.379. The Morgan fingerprint density at radius 1 is 1.50 bits per heavy atom. The summed E-state index contributed by atoms with van der Waals surface area (Å²) in [7, 11) is 0. The smallest absolute Gasteiger partial charge is 0.237 e. The van der Waals surface area contributed by atoms with E-state index < -0.39 is 0 Å². The summed E-state index contributed by atoms with van der Waals surface area (Å²) in [5, 5.41) is 2.83. The van der Waals surface area contributed by atoms with Crippen molar-refractivity contribution in [3.63, 3.8) is 0 Å². The van der Waals surface area contributed by atoms with Crippen molar-refractivity contribution in [3.05, 3.63) is 18.2 Å². The number of nitrogens with two attached hydrogens (primary N) is 1. The zero-order valence-electron chi connectivity index (χ0n) is 11.7. The Balaban J connectivity index is 2.09. The second-order valence-electron chi connectivity index (χ2n) is 5.03. The van der Waals surface area contributed by atoms with Crippen molar-refractivity contribution in [3.8, 4) is 0 Å². The van der Waals surface area contributed by atoms with Gasteiger partial charge >= 0.3 is 0 Å². The summed E-state index contributed by atoms with van der Waals surface area (Å²) in [5.41, 5.74) is 7.21. The lowest BCUT2D eigenvalue weighted by Crippen LogP contribution is -2.39. The first kappa shape index (κ1) is 14.7. The van der Waals surface area contributed by atoms with Crippen LogP contribution in [0.1, 0.15) is 20.3 Å². The van der Waals surface area contributed by atoms with Crippen molar-refractivity contribution < 1.29 is 9.59 Å². The maximum atomic E-state index is 12.0. The van der Waals surface area contributed by atoms with Crippen LogP contribution < -0.4 is 16.0 Å². The summed E-state index contributed by atoms with van der Waals surface area (Å²) in [4.78, 5) is 26.4. The van der Waals surface area contributed by atoms with Gasteiger partial charge in [0, 0.05) is 29.6 Å². The van der Waals surface area contributed by atoms with Crippen molar-refractivity contribution in [1.29, 1.82) is 0 Å². The second kappa shape index (κ2) is 6.17. The molecule has 0 saturated carbocycles. The van der Waals surface area contributed by atoms with E-state index >= 15 is 0 Å². The van der Waals surface area contributed by atoms with Gasteiger partial charge < -0.3 is 16.0 Å². The highest BCUT2D eigenvalue weighted by Gasteiger charge is 2.25. The van der Waals surface area contributed by atoms with Crippen molar-refractivity contribution in [1.82, 2.24) is 5.32 Å². The lowest BCUT2D eigenvalue weighted by molar-refractivity contribution is -0.121. The minimum absolute atomic E-state index is 0.0189. The topological polar surface area (TPSA) is 75.4 Å². The molecule has 1 aliphatic heterocycles. The second-order valence-corrected chi connectivity index (χ2v) is 6.05. The van der Waals surface area contributed by atoms with Gasteiger partial charge in [-0.25, -0.2) is 0 Å². The molecule has 2 amide bonds. The third kappa shape index (κ3) is 3.45. The molecule has 0 bridgehead atoms. The van der Waals surface area contributed by atoms with Gasteiger partial charge in [0.05, 0.1) is 11.4 Å². The van der Waals surface area contributed by atoms with Crippen LogP contribution in [0.2, 0.25) is 0 Å². The van der Waals surface area contributed by atoms with Crippen LogP contribution in [-0.2, 0) is 9.59 Å². The Labute approximate surface area is 122 Å². The Hall–Kier alpha value is -1.69. The lowest BCUT2D eigenvalue weighted by Gasteiger charge is -2.29. The predicted octanol–water partition coefficient (Wildman–Crippen LogP) is 1.62. The van der Waals surface area contributed by atoms with Crippen LogP contribution >= 0.6 is 11.8 Å². The Morgan fingerprint density at radius 2 is 2.25 bits per heavy atom. The monoisotopic (exact) mass is 293 g/mol. The summed E-state index contributed by atoms with van der Waals surface area (Å²) in [6, 6.07) is 5.65. The fourth-order valence-electron chi connectivity index (χ4n) is 2.07. The van der Waals surface area contributed by atoms with E-state index in [0.717, 1.165) is 10.6 Å². The van der Waals surface area contributed by atoms with Crippen LogP contribution in [0.15, 0.2) is 23.1 Å². The molecule has 20 heavy (non-hydrogen) atoms. The zero-order valence-corrected chi connectivity index (χ0v) is 12.5. The van der Waals surface area contributed by atoms with Crippen molar-refractivity contribution >= 4 is 35.0 Å². The predicted molar refractivity (Wildman–Crippen MR) is 81.8 cm³/mol. The standard InChI is InChI=1S/C14H19N3O2S/c1-9(2)16-13(18)5-6-17-11-7-10(15)3-4-12(11)20-8-14(17)19/h3-4,7,9H,5-6,8,15H2,1-2H3,(H,16,18). The van der Waals surface area contributed by atoms with Crippen LogP contribution in [0.3, 0.4) is 0 Å². The first-order valence-corrected chi connectivity index (χ1v) is 7.58. The molecule has 0 radical (unpaired) electrons. The fraction of sp³-hybridized carbons (Fsp3) is 0.429. The van der Waals surface area contributed by atoms with Gasteiger partial charge in [0.15, 0.2) is 0 Å². The van der Waals surface area contributed by atoms with Gasteiger partial charge in [0.2, 0.25) is 11.8 Å². The number of nitrogens with zero attached hydrogens (tertiary/aromatic N) is 1. The van der Waals surface area contributed by atoms with Crippen LogP contribution in [0.5, 0.6) is 0 Å². The van der Waals surface area contributed by atoms with E-state index in [0.29, 0.717) is 24.4 Å². The molecule has 0 atom stereocenters. The van der Waals surface area contributed by atoms with Crippen molar-refractivity contribution in [2.45, 2.75) is 31.2 Å². The number of hydrogen-bond donors (Lipinski definition) is 2. The summed E-state index contributed by atoms with van der Waals surface area (Å²) >= 11 is 1.51. The van der Waals surface area contributed by atoms with Crippen LogP contribution in [0, 0.1) is 0 Å². The van der Waals surface area contributed by atoms with E-state index in [1.54, 1.807) is 11.0 Å². The fourth-order valence-corrected chi connectivity index (χ4v) is 2.99. The zero-order chi connectivity index (χ0) is 14.7. The molecular formula is C14H19N3O2S. The van der Waals surface area contributed by atoms with Crippen LogP contribution in [0.25, 0.3) is 0 Å². The average Bonchev–Trinajstić information content (AvgIpc) is 2.36. The number of anilines is 2. The maximum absolute atomic E-state index is 12.0. The molecule has 0 aliphatic carbocycles. The Bertz CT molecular complexity index is 531. The third-order valence-corrected chi connectivity index (χ3v) is 3.99. The van der Waals surface area contributed by atoms with E-state index in [4.69, 9.17) is 5.73 Å². The Morgan fingerprint density at radius 3 is 2.95 bits per heavy atom. The van der Waals surface area contributed by atoms with Gasteiger partial charge in [-0.1, -0.05) is 0 Å². The van der Waals surface area contributed by atoms with Crippen molar-refractivity contribution in [2.24, 2.45) is 0 Å². The highest BCUT2D eigenvalue weighted by molar-refractivity contribution is 8.00. The normalized spacial score (nSPS) is 14.3. The highest BCUT2D eigenvalue weighted by atomic mass is 32.2. The number of carbonyl (C=O) groups excluding carboxylic acids is 2. The van der Waals surface area contributed by atoms with E-state index in [9.17, 15) is 9.59 Å². The first-order valence-electron chi connectivity index (χ1n) is 6.59. The number of nitrogens with one attached hydrogen (secondary N) is 1. The largest absolute Gasteiger partial charge is 0.399 e. The van der Waals surface area contributed by atoms with Crippen molar-refractivity contribution in [2.75, 3.05) is 22.9 Å². The molecule has 0 saturated heterocycles. The number of carbonyl (C=O) groups is 2. The van der Waals surface area contributed by atoms with Crippen LogP contribution in [-0.4, -0.2) is 30.2 Å². The molecule has 0 unspecified atom stereocenters. The number of benzene rings is 1. The summed E-state index contributed by atoms with van der Waals surface area (Å²) in [6.45, 7) is 4.21. The molecular weight excluding hydrogens is 274 g/mol. The molecule has 1 heterocycles. The molecule has 0 fully saturated rings.